The van der Waals surface area contributed by atoms with Crippen LogP contribution in [0.3, 0.4) is 0 Å². The molecule has 1 aliphatic carbocycles. The van der Waals surface area contributed by atoms with Gasteiger partial charge in [0.1, 0.15) is 0 Å². The van der Waals surface area contributed by atoms with Gasteiger partial charge >= 0.3 is 0 Å². The monoisotopic (exact) mass is 299 g/mol. The number of nitrogen functional groups attached to an aromatic ring is 1. The van der Waals surface area contributed by atoms with Crippen molar-refractivity contribution in [3.8, 4) is 0 Å². The molecule has 1 saturated carbocycles. The van der Waals surface area contributed by atoms with Crippen molar-refractivity contribution in [3.05, 3.63) is 18.3 Å². The van der Waals surface area contributed by atoms with E-state index in [-0.39, 0.29) is 10.7 Å². The summed E-state index contributed by atoms with van der Waals surface area (Å²) in [6, 6.07) is 3.82. The highest BCUT2D eigenvalue weighted by atomic mass is 32.2. The number of hydrogen-bond donors (Lipinski definition) is 3. The van der Waals surface area contributed by atoms with Crippen LogP contribution in [0.15, 0.2) is 23.4 Å². The molecule has 1 fully saturated rings. The van der Waals surface area contributed by atoms with Gasteiger partial charge in [0.15, 0.2) is 5.03 Å². The van der Waals surface area contributed by atoms with Crippen LogP contribution in [0.2, 0.25) is 0 Å². The van der Waals surface area contributed by atoms with Crippen molar-refractivity contribution in [2.45, 2.75) is 30.8 Å². The van der Waals surface area contributed by atoms with Crippen molar-refractivity contribution in [2.24, 2.45) is 5.84 Å². The van der Waals surface area contributed by atoms with Crippen LogP contribution in [0.1, 0.15) is 19.8 Å². The average Bonchev–Trinajstić information content (AvgIpc) is 3.28. The predicted octanol–water partition coefficient (Wildman–Crippen LogP) is 0.130. The van der Waals surface area contributed by atoms with Crippen molar-refractivity contribution in [2.75, 3.05) is 25.1 Å². The van der Waals surface area contributed by atoms with Crippen molar-refractivity contribution >= 4 is 15.7 Å². The van der Waals surface area contributed by atoms with Gasteiger partial charge < -0.3 is 5.43 Å². The molecule has 2 rings (SSSR count). The van der Waals surface area contributed by atoms with Crippen LogP contribution in [-0.2, 0) is 10.0 Å². The molecule has 0 aromatic carbocycles. The molecule has 1 aliphatic rings. The molecule has 0 bridgehead atoms. The average molecular weight is 299 g/mol. The summed E-state index contributed by atoms with van der Waals surface area (Å²) in [5.74, 6) is 5.30. The first-order chi connectivity index (χ1) is 9.58. The van der Waals surface area contributed by atoms with Gasteiger partial charge in [-0.05, 0) is 31.5 Å². The maximum atomic E-state index is 12.2. The summed E-state index contributed by atoms with van der Waals surface area (Å²) in [6.07, 6.45) is 3.85. The third kappa shape index (κ3) is 3.66. The Morgan fingerprint density at radius 2 is 2.25 bits per heavy atom. The van der Waals surface area contributed by atoms with Crippen LogP contribution < -0.4 is 16.0 Å². The van der Waals surface area contributed by atoms with Crippen LogP contribution >= 0.6 is 0 Å². The minimum absolute atomic E-state index is 0.0722. The van der Waals surface area contributed by atoms with Crippen molar-refractivity contribution < 1.29 is 8.42 Å². The minimum Gasteiger partial charge on any atom is -0.321 e. The first kappa shape index (κ1) is 15.2. The van der Waals surface area contributed by atoms with Crippen LogP contribution in [-0.4, -0.2) is 44.0 Å². The standard InChI is InChI=1S/C12H21N5O2S/c1-2-17(10-5-6-10)9-8-15-20(18,19)12-11(16-13)4-3-7-14-12/h3-4,7,10,15-16H,2,5-6,8-9,13H2,1H3. The van der Waals surface area contributed by atoms with Crippen molar-refractivity contribution in [1.82, 2.24) is 14.6 Å². The smallest absolute Gasteiger partial charge is 0.260 e. The fourth-order valence-corrected chi connectivity index (χ4v) is 3.26. The van der Waals surface area contributed by atoms with E-state index in [9.17, 15) is 8.42 Å². The second-order valence-corrected chi connectivity index (χ2v) is 6.44. The lowest BCUT2D eigenvalue weighted by Gasteiger charge is -2.19. The first-order valence-corrected chi connectivity index (χ1v) is 8.22. The van der Waals surface area contributed by atoms with Gasteiger partial charge in [0.05, 0.1) is 5.69 Å². The zero-order chi connectivity index (χ0) is 14.6. The third-order valence-corrected chi connectivity index (χ3v) is 4.76. The first-order valence-electron chi connectivity index (χ1n) is 6.74. The lowest BCUT2D eigenvalue weighted by atomic mass is 10.4. The Morgan fingerprint density at radius 1 is 1.50 bits per heavy atom. The molecule has 7 nitrogen and oxygen atoms in total. The molecule has 1 heterocycles. The van der Waals surface area contributed by atoms with E-state index in [1.54, 1.807) is 12.1 Å². The number of nitrogens with two attached hydrogens (primary N) is 1. The Hall–Kier alpha value is -1.22. The van der Waals surface area contributed by atoms with Gasteiger partial charge in [-0.2, -0.15) is 0 Å². The molecule has 1 aromatic heterocycles. The molecule has 0 unspecified atom stereocenters. The van der Waals surface area contributed by atoms with Crippen LogP contribution in [0, 0.1) is 0 Å². The molecule has 0 radical (unpaired) electrons. The summed E-state index contributed by atoms with van der Waals surface area (Å²) in [5, 5.41) is -0.0722. The molecule has 0 amide bonds. The molecule has 20 heavy (non-hydrogen) atoms. The highest BCUT2D eigenvalue weighted by Gasteiger charge is 2.28. The maximum Gasteiger partial charge on any atom is 0.260 e. The highest BCUT2D eigenvalue weighted by molar-refractivity contribution is 7.89. The van der Waals surface area contributed by atoms with E-state index in [1.807, 2.05) is 0 Å². The van der Waals surface area contributed by atoms with Crippen LogP contribution in [0.25, 0.3) is 0 Å². The number of pyridine rings is 1. The van der Waals surface area contributed by atoms with E-state index < -0.39 is 10.0 Å². The molecule has 112 valence electrons. The Bertz CT molecular complexity index is 545. The van der Waals surface area contributed by atoms with Crippen LogP contribution in [0.5, 0.6) is 0 Å². The summed E-state index contributed by atoms with van der Waals surface area (Å²) in [6.45, 7) is 4.10. The Labute approximate surface area is 119 Å². The number of aromatic nitrogens is 1. The zero-order valence-corrected chi connectivity index (χ0v) is 12.4. The predicted molar refractivity (Wildman–Crippen MR) is 77.5 cm³/mol. The molecule has 0 saturated heterocycles. The molecular formula is C12H21N5O2S. The molecule has 4 N–H and O–H groups in total. The number of anilines is 1. The normalized spacial score (nSPS) is 15.6. The number of hydrogen-bond acceptors (Lipinski definition) is 6. The topological polar surface area (TPSA) is 100 Å². The van der Waals surface area contributed by atoms with Gasteiger partial charge in [0.2, 0.25) is 0 Å². The number of nitrogens with one attached hydrogen (secondary N) is 2. The third-order valence-electron chi connectivity index (χ3n) is 3.34. The maximum absolute atomic E-state index is 12.2. The van der Waals surface area contributed by atoms with Crippen molar-refractivity contribution in [3.63, 3.8) is 0 Å². The van der Waals surface area contributed by atoms with E-state index in [0.29, 0.717) is 19.1 Å². The van der Waals surface area contributed by atoms with Gasteiger partial charge in [0.25, 0.3) is 10.0 Å². The molecule has 0 spiro atoms. The van der Waals surface area contributed by atoms with Crippen molar-refractivity contribution in [1.29, 1.82) is 0 Å². The highest BCUT2D eigenvalue weighted by Crippen LogP contribution is 2.26. The Balaban J connectivity index is 1.96. The second kappa shape index (κ2) is 6.49. The van der Waals surface area contributed by atoms with E-state index in [0.717, 1.165) is 6.54 Å². The lowest BCUT2D eigenvalue weighted by molar-refractivity contribution is 0.282. The van der Waals surface area contributed by atoms with Gasteiger partial charge in [-0.15, -0.1) is 0 Å². The minimum atomic E-state index is -3.64. The fraction of sp³-hybridized carbons (Fsp3) is 0.583. The molecular weight excluding hydrogens is 278 g/mol. The number of nitrogens with zero attached hydrogens (tertiary/aromatic N) is 2. The summed E-state index contributed by atoms with van der Waals surface area (Å²) in [7, 11) is -3.64. The summed E-state index contributed by atoms with van der Waals surface area (Å²) in [4.78, 5) is 6.16. The lowest BCUT2D eigenvalue weighted by Crippen LogP contribution is -2.36. The number of likely N-dealkylation sites (N-methyl/N-ethyl adjacent to an activating group) is 1. The summed E-state index contributed by atoms with van der Waals surface area (Å²) < 4.78 is 26.9. The summed E-state index contributed by atoms with van der Waals surface area (Å²) >= 11 is 0. The SMILES string of the molecule is CCN(CCNS(=O)(=O)c1ncccc1NN)C1CC1. The summed E-state index contributed by atoms with van der Waals surface area (Å²) in [5.41, 5.74) is 2.63. The molecule has 0 atom stereocenters. The van der Waals surface area contributed by atoms with Crippen LogP contribution in [0.4, 0.5) is 5.69 Å². The van der Waals surface area contributed by atoms with Gasteiger partial charge in [0, 0.05) is 25.3 Å². The van der Waals surface area contributed by atoms with Gasteiger partial charge in [-0.3, -0.25) is 10.7 Å². The Kier molecular flexibility index (Phi) is 4.92. The molecule has 8 heteroatoms. The zero-order valence-electron chi connectivity index (χ0n) is 11.5. The van der Waals surface area contributed by atoms with Gasteiger partial charge in [-0.25, -0.2) is 18.1 Å². The Morgan fingerprint density at radius 3 is 2.85 bits per heavy atom. The number of rotatable bonds is 8. The molecule has 0 aliphatic heterocycles. The van der Waals surface area contributed by atoms with Gasteiger partial charge in [-0.1, -0.05) is 6.92 Å². The number of sulfonamides is 1. The fourth-order valence-electron chi connectivity index (χ4n) is 2.15. The van der Waals surface area contributed by atoms with E-state index in [1.165, 1.54) is 19.0 Å². The second-order valence-electron chi connectivity index (χ2n) is 4.76. The largest absolute Gasteiger partial charge is 0.321 e. The quantitative estimate of drug-likeness (QED) is 0.466. The van der Waals surface area contributed by atoms with E-state index >= 15 is 0 Å². The van der Waals surface area contributed by atoms with E-state index in [4.69, 9.17) is 5.84 Å². The number of hydrazine groups is 1. The van der Waals surface area contributed by atoms with E-state index in [2.05, 4.69) is 27.0 Å². The molecule has 1 aromatic rings.